The molecule has 0 amide bonds. The Morgan fingerprint density at radius 2 is 1.81 bits per heavy atom. The molecule has 0 atom stereocenters. The summed E-state index contributed by atoms with van der Waals surface area (Å²) in [5, 5.41) is 8.35. The summed E-state index contributed by atoms with van der Waals surface area (Å²) in [6.45, 7) is -3.20. The van der Waals surface area contributed by atoms with Crippen molar-refractivity contribution in [3.8, 4) is 5.75 Å². The van der Waals surface area contributed by atoms with Gasteiger partial charge in [-0.3, -0.25) is 4.79 Å². The Hall–Kier alpha value is -1.79. The molecular formula is C9H6F4O3. The molecule has 0 saturated carbocycles. The van der Waals surface area contributed by atoms with Crippen LogP contribution in [-0.4, -0.2) is 17.7 Å². The van der Waals surface area contributed by atoms with E-state index in [2.05, 4.69) is 4.74 Å². The summed E-state index contributed by atoms with van der Waals surface area (Å²) < 4.78 is 53.4. The highest BCUT2D eigenvalue weighted by Gasteiger charge is 2.16. The molecule has 7 heteroatoms. The third-order valence-corrected chi connectivity index (χ3v) is 1.67. The van der Waals surface area contributed by atoms with Crippen LogP contribution < -0.4 is 4.74 Å². The van der Waals surface area contributed by atoms with Crippen molar-refractivity contribution >= 4 is 5.97 Å². The van der Waals surface area contributed by atoms with Crippen LogP contribution in [0.25, 0.3) is 0 Å². The smallest absolute Gasteiger partial charge is 0.387 e. The van der Waals surface area contributed by atoms with E-state index in [0.717, 1.165) is 0 Å². The first-order valence-electron chi connectivity index (χ1n) is 4.04. The van der Waals surface area contributed by atoms with Crippen molar-refractivity contribution in [3.05, 3.63) is 29.3 Å². The lowest BCUT2D eigenvalue weighted by Crippen LogP contribution is -2.07. The molecule has 0 radical (unpaired) electrons. The van der Waals surface area contributed by atoms with Gasteiger partial charge in [0.15, 0.2) is 0 Å². The molecule has 16 heavy (non-hydrogen) atoms. The van der Waals surface area contributed by atoms with Crippen molar-refractivity contribution < 1.29 is 32.2 Å². The van der Waals surface area contributed by atoms with Gasteiger partial charge in [-0.1, -0.05) is 0 Å². The summed E-state index contributed by atoms with van der Waals surface area (Å²) in [4.78, 5) is 10.3. The first-order chi connectivity index (χ1) is 7.40. The van der Waals surface area contributed by atoms with Gasteiger partial charge < -0.3 is 9.84 Å². The van der Waals surface area contributed by atoms with Gasteiger partial charge in [0.25, 0.3) is 0 Å². The minimum absolute atomic E-state index is 0.507. The third kappa shape index (κ3) is 3.11. The van der Waals surface area contributed by atoms with Crippen LogP contribution in [0.4, 0.5) is 17.6 Å². The normalized spacial score (nSPS) is 10.6. The van der Waals surface area contributed by atoms with E-state index in [1.54, 1.807) is 0 Å². The Balaban J connectivity index is 3.02. The molecule has 1 aromatic rings. The first-order valence-corrected chi connectivity index (χ1v) is 4.04. The van der Waals surface area contributed by atoms with E-state index in [1.807, 2.05) is 0 Å². The molecule has 1 aromatic carbocycles. The molecule has 0 heterocycles. The molecule has 0 saturated heterocycles. The Morgan fingerprint density at radius 3 is 2.19 bits per heavy atom. The predicted molar refractivity (Wildman–Crippen MR) is 44.3 cm³/mol. The standard InChI is InChI=1S/C9H6F4O3/c10-6-1-4(16-9(12)13)2-7(11)5(6)3-8(14)15/h1-2,9H,3H2,(H,14,15). The summed E-state index contributed by atoms with van der Waals surface area (Å²) in [6, 6.07) is 1.01. The maximum absolute atomic E-state index is 13.1. The van der Waals surface area contributed by atoms with Crippen LogP contribution in [0.2, 0.25) is 0 Å². The third-order valence-electron chi connectivity index (χ3n) is 1.67. The number of aliphatic carboxylic acids is 1. The van der Waals surface area contributed by atoms with E-state index in [-0.39, 0.29) is 0 Å². The van der Waals surface area contributed by atoms with E-state index in [9.17, 15) is 22.4 Å². The van der Waals surface area contributed by atoms with Gasteiger partial charge in [-0.2, -0.15) is 8.78 Å². The van der Waals surface area contributed by atoms with Gasteiger partial charge in [-0.05, 0) is 0 Å². The zero-order chi connectivity index (χ0) is 12.3. The van der Waals surface area contributed by atoms with Gasteiger partial charge >= 0.3 is 12.6 Å². The fourth-order valence-corrected chi connectivity index (χ4v) is 1.07. The summed E-state index contributed by atoms with van der Waals surface area (Å²) in [5.74, 6) is -4.60. The van der Waals surface area contributed by atoms with Gasteiger partial charge in [-0.25, -0.2) is 8.78 Å². The molecule has 1 rings (SSSR count). The second kappa shape index (κ2) is 4.82. The molecule has 0 bridgehead atoms. The lowest BCUT2D eigenvalue weighted by molar-refractivity contribution is -0.136. The van der Waals surface area contributed by atoms with Gasteiger partial charge in [0, 0.05) is 17.7 Å². The molecule has 0 fully saturated rings. The number of ether oxygens (including phenoxy) is 1. The highest BCUT2D eigenvalue weighted by Crippen LogP contribution is 2.22. The van der Waals surface area contributed by atoms with Crippen LogP contribution >= 0.6 is 0 Å². The number of halogens is 4. The number of alkyl halides is 2. The number of carbonyl (C=O) groups is 1. The van der Waals surface area contributed by atoms with Crippen LogP contribution in [0.1, 0.15) is 5.56 Å². The van der Waals surface area contributed by atoms with Gasteiger partial charge in [0.1, 0.15) is 17.4 Å². The Bertz CT molecular complexity index is 383. The molecule has 3 nitrogen and oxygen atoms in total. The fourth-order valence-electron chi connectivity index (χ4n) is 1.07. The minimum atomic E-state index is -3.20. The fraction of sp³-hybridized carbons (Fsp3) is 0.222. The maximum Gasteiger partial charge on any atom is 0.387 e. The minimum Gasteiger partial charge on any atom is -0.481 e. The van der Waals surface area contributed by atoms with E-state index < -0.39 is 41.9 Å². The predicted octanol–water partition coefficient (Wildman–Crippen LogP) is 2.19. The van der Waals surface area contributed by atoms with Crippen LogP contribution in [0.15, 0.2) is 12.1 Å². The number of rotatable bonds is 4. The summed E-state index contributed by atoms with van der Waals surface area (Å²) in [6.07, 6.45) is -0.868. The molecular weight excluding hydrogens is 232 g/mol. The second-order valence-corrected chi connectivity index (χ2v) is 2.81. The summed E-state index contributed by atoms with van der Waals surface area (Å²) >= 11 is 0. The van der Waals surface area contributed by atoms with Crippen molar-refractivity contribution in [1.82, 2.24) is 0 Å². The number of carboxylic acids is 1. The molecule has 1 N–H and O–H groups in total. The lowest BCUT2D eigenvalue weighted by atomic mass is 10.1. The SMILES string of the molecule is O=C(O)Cc1c(F)cc(OC(F)F)cc1F. The zero-order valence-corrected chi connectivity index (χ0v) is 7.71. The van der Waals surface area contributed by atoms with E-state index >= 15 is 0 Å². The topological polar surface area (TPSA) is 46.5 Å². The average molecular weight is 238 g/mol. The Labute approximate surface area is 87.3 Å². The van der Waals surface area contributed by atoms with E-state index in [1.165, 1.54) is 0 Å². The number of carboxylic acid groups (broad SMARTS) is 1. The molecule has 0 unspecified atom stereocenters. The second-order valence-electron chi connectivity index (χ2n) is 2.81. The monoisotopic (exact) mass is 238 g/mol. The van der Waals surface area contributed by atoms with Crippen molar-refractivity contribution in [1.29, 1.82) is 0 Å². The van der Waals surface area contributed by atoms with E-state index in [0.29, 0.717) is 12.1 Å². The van der Waals surface area contributed by atoms with Crippen LogP contribution in [-0.2, 0) is 11.2 Å². The highest BCUT2D eigenvalue weighted by atomic mass is 19.3. The zero-order valence-electron chi connectivity index (χ0n) is 7.71. The highest BCUT2D eigenvalue weighted by molar-refractivity contribution is 5.70. The lowest BCUT2D eigenvalue weighted by Gasteiger charge is -2.07. The van der Waals surface area contributed by atoms with Crippen molar-refractivity contribution in [2.75, 3.05) is 0 Å². The number of hydrogen-bond donors (Lipinski definition) is 1. The van der Waals surface area contributed by atoms with Crippen LogP contribution in [0.5, 0.6) is 5.75 Å². The van der Waals surface area contributed by atoms with Gasteiger partial charge in [0.2, 0.25) is 0 Å². The quantitative estimate of drug-likeness (QED) is 0.818. The summed E-state index contributed by atoms with van der Waals surface area (Å²) in [5.41, 5.74) is -0.700. The molecule has 0 aliphatic carbocycles. The Morgan fingerprint density at radius 1 is 1.31 bits per heavy atom. The average Bonchev–Trinajstić information content (AvgIpc) is 2.10. The Kier molecular flexibility index (Phi) is 3.70. The van der Waals surface area contributed by atoms with Gasteiger partial charge in [-0.15, -0.1) is 0 Å². The van der Waals surface area contributed by atoms with Crippen molar-refractivity contribution in [2.24, 2.45) is 0 Å². The van der Waals surface area contributed by atoms with Crippen molar-refractivity contribution in [2.45, 2.75) is 13.0 Å². The van der Waals surface area contributed by atoms with E-state index in [4.69, 9.17) is 5.11 Å². The van der Waals surface area contributed by atoms with Crippen LogP contribution in [0, 0.1) is 11.6 Å². The maximum atomic E-state index is 13.1. The molecule has 88 valence electrons. The first kappa shape index (κ1) is 12.3. The number of hydrogen-bond acceptors (Lipinski definition) is 2. The van der Waals surface area contributed by atoms with Crippen LogP contribution in [0.3, 0.4) is 0 Å². The number of benzene rings is 1. The molecule has 0 aliphatic rings. The molecule has 0 aromatic heterocycles. The van der Waals surface area contributed by atoms with Gasteiger partial charge in [0.05, 0.1) is 6.42 Å². The molecule has 0 spiro atoms. The largest absolute Gasteiger partial charge is 0.481 e. The summed E-state index contributed by atoms with van der Waals surface area (Å²) in [7, 11) is 0. The molecule has 0 aliphatic heterocycles. The van der Waals surface area contributed by atoms with Crippen molar-refractivity contribution in [3.63, 3.8) is 0 Å².